The lowest BCUT2D eigenvalue weighted by Crippen LogP contribution is -1.96. The van der Waals surface area contributed by atoms with Crippen molar-refractivity contribution in [1.29, 1.82) is 0 Å². The van der Waals surface area contributed by atoms with Crippen molar-refractivity contribution in [2.45, 2.75) is 6.92 Å². The molecule has 1 N–H and O–H groups in total. The van der Waals surface area contributed by atoms with E-state index in [1.165, 1.54) is 0 Å². The second-order valence-corrected chi connectivity index (χ2v) is 4.07. The van der Waals surface area contributed by atoms with Crippen LogP contribution in [0.5, 0.6) is 0 Å². The highest BCUT2D eigenvalue weighted by atomic mass is 35.5. The number of aromatic nitrogens is 2. The van der Waals surface area contributed by atoms with Crippen molar-refractivity contribution in [2.24, 2.45) is 0 Å². The van der Waals surface area contributed by atoms with E-state index < -0.39 is 0 Å². The lowest BCUT2D eigenvalue weighted by atomic mass is 10.2. The number of aryl methyl sites for hydroxylation is 1. The van der Waals surface area contributed by atoms with Gasteiger partial charge in [-0.15, -0.1) is 0 Å². The molecule has 2 aromatic rings. The maximum atomic E-state index is 5.92. The largest absolute Gasteiger partial charge is 0.340 e. The molecule has 5 heteroatoms. The Morgan fingerprint density at radius 1 is 1.19 bits per heavy atom. The summed E-state index contributed by atoms with van der Waals surface area (Å²) in [6.45, 7) is 1.99. The fourth-order valence-electron chi connectivity index (χ4n) is 1.27. The van der Waals surface area contributed by atoms with Crippen molar-refractivity contribution in [3.05, 3.63) is 46.3 Å². The minimum Gasteiger partial charge on any atom is -0.340 e. The van der Waals surface area contributed by atoms with Crippen LogP contribution in [0, 0.1) is 6.92 Å². The number of nitrogens with one attached hydrogen (secondary N) is 1. The summed E-state index contributed by atoms with van der Waals surface area (Å²) in [6.07, 6.45) is 1.59. The monoisotopic (exact) mass is 253 g/mol. The molecule has 16 heavy (non-hydrogen) atoms. The van der Waals surface area contributed by atoms with Gasteiger partial charge in [0.2, 0.25) is 5.28 Å². The molecule has 82 valence electrons. The highest BCUT2D eigenvalue weighted by molar-refractivity contribution is 6.30. The van der Waals surface area contributed by atoms with Gasteiger partial charge in [-0.2, -0.15) is 0 Å². The van der Waals surface area contributed by atoms with Crippen LogP contribution < -0.4 is 5.32 Å². The van der Waals surface area contributed by atoms with Crippen LogP contribution in [-0.4, -0.2) is 9.97 Å². The fourth-order valence-corrected chi connectivity index (χ4v) is 1.59. The second kappa shape index (κ2) is 4.68. The molecule has 0 radical (unpaired) electrons. The zero-order valence-electron chi connectivity index (χ0n) is 8.54. The van der Waals surface area contributed by atoms with Crippen molar-refractivity contribution in [1.82, 2.24) is 9.97 Å². The first-order valence-electron chi connectivity index (χ1n) is 4.67. The number of hydrogen-bond donors (Lipinski definition) is 1. The normalized spacial score (nSPS) is 10.2. The van der Waals surface area contributed by atoms with Crippen LogP contribution >= 0.6 is 23.2 Å². The molecule has 0 aliphatic heterocycles. The first-order valence-corrected chi connectivity index (χ1v) is 5.42. The van der Waals surface area contributed by atoms with E-state index in [9.17, 15) is 0 Å². The molecule has 1 aromatic heterocycles. The average Bonchev–Trinajstić information content (AvgIpc) is 2.24. The van der Waals surface area contributed by atoms with Gasteiger partial charge in [0.25, 0.3) is 0 Å². The van der Waals surface area contributed by atoms with Crippen molar-refractivity contribution in [3.63, 3.8) is 0 Å². The lowest BCUT2D eigenvalue weighted by Gasteiger charge is -2.08. The van der Waals surface area contributed by atoms with Gasteiger partial charge < -0.3 is 5.32 Å². The molecule has 0 aliphatic carbocycles. The highest BCUT2D eigenvalue weighted by Crippen LogP contribution is 2.23. The number of anilines is 2. The Hall–Kier alpha value is -1.32. The summed E-state index contributed by atoms with van der Waals surface area (Å²) in [6, 6.07) is 7.36. The average molecular weight is 254 g/mol. The molecular weight excluding hydrogens is 245 g/mol. The van der Waals surface area contributed by atoms with Crippen LogP contribution in [0.3, 0.4) is 0 Å². The van der Waals surface area contributed by atoms with Gasteiger partial charge in [-0.3, -0.25) is 0 Å². The van der Waals surface area contributed by atoms with Gasteiger partial charge in [-0.25, -0.2) is 9.97 Å². The van der Waals surface area contributed by atoms with E-state index in [1.807, 2.05) is 25.1 Å². The zero-order chi connectivity index (χ0) is 11.5. The van der Waals surface area contributed by atoms with E-state index in [1.54, 1.807) is 12.3 Å². The van der Waals surface area contributed by atoms with Gasteiger partial charge >= 0.3 is 0 Å². The Bertz CT molecular complexity index is 514. The molecule has 0 spiro atoms. The van der Waals surface area contributed by atoms with Gasteiger partial charge in [0.05, 0.1) is 0 Å². The van der Waals surface area contributed by atoms with E-state index in [0.29, 0.717) is 10.8 Å². The quantitative estimate of drug-likeness (QED) is 0.827. The maximum Gasteiger partial charge on any atom is 0.224 e. The van der Waals surface area contributed by atoms with Gasteiger partial charge in [0.1, 0.15) is 5.82 Å². The zero-order valence-corrected chi connectivity index (χ0v) is 10.0. The summed E-state index contributed by atoms with van der Waals surface area (Å²) >= 11 is 11.6. The summed E-state index contributed by atoms with van der Waals surface area (Å²) < 4.78 is 0. The first-order chi connectivity index (χ1) is 7.65. The van der Waals surface area contributed by atoms with E-state index in [2.05, 4.69) is 15.3 Å². The number of hydrogen-bond acceptors (Lipinski definition) is 3. The van der Waals surface area contributed by atoms with Gasteiger partial charge in [-0.1, -0.05) is 17.7 Å². The van der Waals surface area contributed by atoms with Crippen LogP contribution in [0.15, 0.2) is 30.5 Å². The third kappa shape index (κ3) is 2.62. The topological polar surface area (TPSA) is 37.8 Å². The Balaban J connectivity index is 2.30. The number of rotatable bonds is 2. The molecule has 0 unspecified atom stereocenters. The Kier molecular flexibility index (Phi) is 3.27. The number of halogens is 2. The number of nitrogens with zero attached hydrogens (tertiary/aromatic N) is 2. The van der Waals surface area contributed by atoms with E-state index in [0.717, 1.165) is 11.3 Å². The standard InChI is InChI=1S/C11H9Cl2N3/c1-7-2-3-8(12)6-9(7)15-10-4-5-14-11(13)16-10/h2-6H,1H3,(H,14,15,16). The smallest absolute Gasteiger partial charge is 0.224 e. The summed E-state index contributed by atoms with van der Waals surface area (Å²) in [5.74, 6) is 0.644. The van der Waals surface area contributed by atoms with Crippen LogP contribution in [0.25, 0.3) is 0 Å². The van der Waals surface area contributed by atoms with Crippen LogP contribution in [-0.2, 0) is 0 Å². The van der Waals surface area contributed by atoms with Gasteiger partial charge in [-0.05, 0) is 42.3 Å². The molecule has 0 bridgehead atoms. The van der Waals surface area contributed by atoms with Crippen molar-refractivity contribution in [3.8, 4) is 0 Å². The third-order valence-corrected chi connectivity index (χ3v) is 2.51. The summed E-state index contributed by atoms with van der Waals surface area (Å²) in [5, 5.41) is 4.02. The molecule has 3 nitrogen and oxygen atoms in total. The van der Waals surface area contributed by atoms with Crippen molar-refractivity contribution < 1.29 is 0 Å². The molecule has 0 saturated carbocycles. The van der Waals surface area contributed by atoms with Crippen LogP contribution in [0.1, 0.15) is 5.56 Å². The predicted molar refractivity (Wildman–Crippen MR) is 66.5 cm³/mol. The molecular formula is C11H9Cl2N3. The SMILES string of the molecule is Cc1ccc(Cl)cc1Nc1ccnc(Cl)n1. The first kappa shape index (κ1) is 11.2. The third-order valence-electron chi connectivity index (χ3n) is 2.09. The fraction of sp³-hybridized carbons (Fsp3) is 0.0909. The van der Waals surface area contributed by atoms with Gasteiger partial charge in [0, 0.05) is 16.9 Å². The molecule has 0 aliphatic rings. The minimum atomic E-state index is 0.213. The summed E-state index contributed by atoms with van der Waals surface area (Å²) in [5.41, 5.74) is 1.99. The van der Waals surface area contributed by atoms with Crippen LogP contribution in [0.4, 0.5) is 11.5 Å². The van der Waals surface area contributed by atoms with E-state index in [-0.39, 0.29) is 5.28 Å². The molecule has 0 fully saturated rings. The Morgan fingerprint density at radius 2 is 2.00 bits per heavy atom. The predicted octanol–water partition coefficient (Wildman–Crippen LogP) is 3.84. The molecule has 0 saturated heterocycles. The lowest BCUT2D eigenvalue weighted by molar-refractivity contribution is 1.17. The van der Waals surface area contributed by atoms with Crippen molar-refractivity contribution >= 4 is 34.7 Å². The molecule has 1 aromatic carbocycles. The summed E-state index contributed by atoms with van der Waals surface area (Å²) in [7, 11) is 0. The van der Waals surface area contributed by atoms with Gasteiger partial charge in [0.15, 0.2) is 0 Å². The van der Waals surface area contributed by atoms with Crippen molar-refractivity contribution in [2.75, 3.05) is 5.32 Å². The molecule has 2 rings (SSSR count). The molecule has 0 amide bonds. The van der Waals surface area contributed by atoms with E-state index >= 15 is 0 Å². The minimum absolute atomic E-state index is 0.213. The number of benzene rings is 1. The maximum absolute atomic E-state index is 5.92. The Morgan fingerprint density at radius 3 is 2.75 bits per heavy atom. The molecule has 1 heterocycles. The highest BCUT2D eigenvalue weighted by Gasteiger charge is 2.01. The second-order valence-electron chi connectivity index (χ2n) is 3.30. The Labute approximate surface area is 103 Å². The summed E-state index contributed by atoms with van der Waals surface area (Å²) in [4.78, 5) is 7.85. The van der Waals surface area contributed by atoms with E-state index in [4.69, 9.17) is 23.2 Å². The molecule has 0 atom stereocenters. The van der Waals surface area contributed by atoms with Crippen LogP contribution in [0.2, 0.25) is 10.3 Å².